The summed E-state index contributed by atoms with van der Waals surface area (Å²) in [6.07, 6.45) is 8.21. The first-order valence-electron chi connectivity index (χ1n) is 6.34. The second kappa shape index (κ2) is 5.53. The third-order valence-electron chi connectivity index (χ3n) is 3.53. The van der Waals surface area contributed by atoms with E-state index in [0.717, 1.165) is 38.2 Å². The predicted octanol–water partition coefficient (Wildman–Crippen LogP) is 3.59. The molecule has 1 unspecified atom stereocenters. The van der Waals surface area contributed by atoms with Crippen LogP contribution in [0.15, 0.2) is 23.0 Å². The van der Waals surface area contributed by atoms with Gasteiger partial charge in [-0.3, -0.25) is 0 Å². The molecule has 0 spiro atoms. The standard InChI is InChI=1S/C14H22O2/c1-11-6-7-13(9-12(11)2)16-10-14-5-3-4-8-15-14/h7,14H,3-6,8-10H2,1-2H3. The van der Waals surface area contributed by atoms with Gasteiger partial charge in [0.15, 0.2) is 0 Å². The summed E-state index contributed by atoms with van der Waals surface area (Å²) in [5.74, 6) is 1.14. The molecule has 0 aromatic heterocycles. The molecule has 2 rings (SSSR count). The van der Waals surface area contributed by atoms with E-state index in [-0.39, 0.29) is 0 Å². The van der Waals surface area contributed by atoms with Crippen molar-refractivity contribution in [1.29, 1.82) is 0 Å². The number of hydrogen-bond acceptors (Lipinski definition) is 2. The molecular weight excluding hydrogens is 200 g/mol. The lowest BCUT2D eigenvalue weighted by Crippen LogP contribution is -2.24. The normalized spacial score (nSPS) is 26.6. The Morgan fingerprint density at radius 1 is 1.31 bits per heavy atom. The summed E-state index contributed by atoms with van der Waals surface area (Å²) in [7, 11) is 0. The number of ether oxygens (including phenoxy) is 2. The van der Waals surface area contributed by atoms with Gasteiger partial charge >= 0.3 is 0 Å². The molecule has 0 N–H and O–H groups in total. The summed E-state index contributed by atoms with van der Waals surface area (Å²) < 4.78 is 11.5. The van der Waals surface area contributed by atoms with Crippen LogP contribution in [0.25, 0.3) is 0 Å². The van der Waals surface area contributed by atoms with Gasteiger partial charge in [-0.15, -0.1) is 0 Å². The van der Waals surface area contributed by atoms with E-state index < -0.39 is 0 Å². The van der Waals surface area contributed by atoms with Crippen molar-refractivity contribution >= 4 is 0 Å². The largest absolute Gasteiger partial charge is 0.495 e. The Morgan fingerprint density at radius 2 is 2.19 bits per heavy atom. The fraction of sp³-hybridized carbons (Fsp3) is 0.714. The average molecular weight is 222 g/mol. The Labute approximate surface area is 98.3 Å². The minimum absolute atomic E-state index is 0.321. The quantitative estimate of drug-likeness (QED) is 0.679. The SMILES string of the molecule is CC1=C(C)CC(OCC2CCCCO2)=CC1. The van der Waals surface area contributed by atoms with Crippen LogP contribution in [-0.2, 0) is 9.47 Å². The molecule has 1 aliphatic heterocycles. The minimum atomic E-state index is 0.321. The summed E-state index contributed by atoms with van der Waals surface area (Å²) in [5.41, 5.74) is 2.95. The van der Waals surface area contributed by atoms with Crippen LogP contribution in [0.1, 0.15) is 46.0 Å². The van der Waals surface area contributed by atoms with Crippen molar-refractivity contribution in [2.24, 2.45) is 0 Å². The van der Waals surface area contributed by atoms with Gasteiger partial charge in [-0.1, -0.05) is 11.1 Å². The van der Waals surface area contributed by atoms with Crippen LogP contribution in [-0.4, -0.2) is 19.3 Å². The van der Waals surface area contributed by atoms with E-state index in [1.165, 1.54) is 24.0 Å². The Hall–Kier alpha value is -0.760. The van der Waals surface area contributed by atoms with E-state index in [4.69, 9.17) is 9.47 Å². The maximum Gasteiger partial charge on any atom is 0.114 e. The van der Waals surface area contributed by atoms with Crippen molar-refractivity contribution in [3.05, 3.63) is 23.0 Å². The van der Waals surface area contributed by atoms with Gasteiger partial charge in [-0.05, 0) is 45.6 Å². The van der Waals surface area contributed by atoms with Gasteiger partial charge in [0, 0.05) is 13.0 Å². The monoisotopic (exact) mass is 222 g/mol. The fourth-order valence-electron chi connectivity index (χ4n) is 2.17. The average Bonchev–Trinajstić information content (AvgIpc) is 2.32. The van der Waals surface area contributed by atoms with Crippen molar-refractivity contribution in [1.82, 2.24) is 0 Å². The van der Waals surface area contributed by atoms with Gasteiger partial charge in [-0.2, -0.15) is 0 Å². The molecule has 2 aliphatic rings. The Balaban J connectivity index is 1.74. The summed E-state index contributed by atoms with van der Waals surface area (Å²) in [6, 6.07) is 0. The first-order valence-corrected chi connectivity index (χ1v) is 6.34. The zero-order valence-corrected chi connectivity index (χ0v) is 10.4. The van der Waals surface area contributed by atoms with Gasteiger partial charge < -0.3 is 9.47 Å². The Kier molecular flexibility index (Phi) is 4.05. The van der Waals surface area contributed by atoms with Crippen molar-refractivity contribution in [2.45, 2.75) is 52.1 Å². The molecule has 0 saturated carbocycles. The Bertz CT molecular complexity index is 296. The van der Waals surface area contributed by atoms with Gasteiger partial charge in [0.05, 0.1) is 11.9 Å². The third kappa shape index (κ3) is 3.11. The zero-order chi connectivity index (χ0) is 11.4. The third-order valence-corrected chi connectivity index (χ3v) is 3.53. The van der Waals surface area contributed by atoms with Crippen molar-refractivity contribution in [2.75, 3.05) is 13.2 Å². The molecule has 0 radical (unpaired) electrons. The fourth-order valence-corrected chi connectivity index (χ4v) is 2.17. The first-order chi connectivity index (χ1) is 7.75. The Morgan fingerprint density at radius 3 is 2.88 bits per heavy atom. The van der Waals surface area contributed by atoms with Crippen LogP contribution in [0.4, 0.5) is 0 Å². The summed E-state index contributed by atoms with van der Waals surface area (Å²) in [4.78, 5) is 0. The molecule has 16 heavy (non-hydrogen) atoms. The van der Waals surface area contributed by atoms with Crippen LogP contribution in [0, 0.1) is 0 Å². The molecule has 1 heterocycles. The van der Waals surface area contributed by atoms with E-state index in [9.17, 15) is 0 Å². The van der Waals surface area contributed by atoms with Crippen molar-refractivity contribution in [3.8, 4) is 0 Å². The van der Waals surface area contributed by atoms with Crippen molar-refractivity contribution < 1.29 is 9.47 Å². The molecule has 1 atom stereocenters. The summed E-state index contributed by atoms with van der Waals surface area (Å²) >= 11 is 0. The highest BCUT2D eigenvalue weighted by Gasteiger charge is 2.16. The van der Waals surface area contributed by atoms with E-state index in [0.29, 0.717) is 6.10 Å². The van der Waals surface area contributed by atoms with E-state index in [1.807, 2.05) is 0 Å². The lowest BCUT2D eigenvalue weighted by atomic mass is 9.98. The van der Waals surface area contributed by atoms with Crippen LogP contribution in [0.2, 0.25) is 0 Å². The lowest BCUT2D eigenvalue weighted by molar-refractivity contribution is -0.0267. The maximum atomic E-state index is 5.84. The zero-order valence-electron chi connectivity index (χ0n) is 10.4. The van der Waals surface area contributed by atoms with Gasteiger partial charge in [-0.25, -0.2) is 0 Å². The van der Waals surface area contributed by atoms with Gasteiger partial charge in [0.1, 0.15) is 6.61 Å². The highest BCUT2D eigenvalue weighted by Crippen LogP contribution is 2.25. The minimum Gasteiger partial charge on any atom is -0.495 e. The molecule has 0 aromatic rings. The lowest BCUT2D eigenvalue weighted by Gasteiger charge is -2.24. The number of allylic oxidation sites excluding steroid dienone is 3. The highest BCUT2D eigenvalue weighted by molar-refractivity contribution is 5.23. The molecule has 2 nitrogen and oxygen atoms in total. The van der Waals surface area contributed by atoms with Crippen molar-refractivity contribution in [3.63, 3.8) is 0 Å². The number of rotatable bonds is 3. The van der Waals surface area contributed by atoms with E-state index in [2.05, 4.69) is 19.9 Å². The van der Waals surface area contributed by atoms with Gasteiger partial charge in [0.2, 0.25) is 0 Å². The van der Waals surface area contributed by atoms with Crippen LogP contribution in [0.3, 0.4) is 0 Å². The molecule has 0 aromatic carbocycles. The number of hydrogen-bond donors (Lipinski definition) is 0. The second-order valence-corrected chi connectivity index (χ2v) is 4.91. The predicted molar refractivity (Wildman–Crippen MR) is 65.2 cm³/mol. The molecule has 2 heteroatoms. The molecule has 1 aliphatic carbocycles. The summed E-state index contributed by atoms with van der Waals surface area (Å²) in [6.45, 7) is 6.04. The van der Waals surface area contributed by atoms with E-state index >= 15 is 0 Å². The molecule has 0 bridgehead atoms. The molecule has 1 fully saturated rings. The maximum absolute atomic E-state index is 5.84. The first kappa shape index (κ1) is 11.7. The second-order valence-electron chi connectivity index (χ2n) is 4.91. The topological polar surface area (TPSA) is 18.5 Å². The molecule has 0 amide bonds. The molecular formula is C14H22O2. The van der Waals surface area contributed by atoms with Crippen LogP contribution < -0.4 is 0 Å². The highest BCUT2D eigenvalue weighted by atomic mass is 16.5. The smallest absolute Gasteiger partial charge is 0.114 e. The van der Waals surface area contributed by atoms with Gasteiger partial charge in [0.25, 0.3) is 0 Å². The van der Waals surface area contributed by atoms with Crippen LogP contribution >= 0.6 is 0 Å². The van der Waals surface area contributed by atoms with E-state index in [1.54, 1.807) is 0 Å². The molecule has 1 saturated heterocycles. The van der Waals surface area contributed by atoms with Crippen LogP contribution in [0.5, 0.6) is 0 Å². The molecule has 90 valence electrons. The summed E-state index contributed by atoms with van der Waals surface area (Å²) in [5, 5.41) is 0.